The lowest BCUT2D eigenvalue weighted by Gasteiger charge is -2.36. The topological polar surface area (TPSA) is 53.6 Å². The van der Waals surface area contributed by atoms with Gasteiger partial charge in [-0.2, -0.15) is 0 Å². The van der Waals surface area contributed by atoms with Gasteiger partial charge in [0.2, 0.25) is 5.91 Å². The minimum Gasteiger partial charge on any atom is -0.385 e. The molecule has 0 bridgehead atoms. The van der Waals surface area contributed by atoms with E-state index in [1.54, 1.807) is 7.11 Å². The van der Waals surface area contributed by atoms with E-state index in [0.717, 1.165) is 32.0 Å². The Morgan fingerprint density at radius 3 is 3.22 bits per heavy atom. The summed E-state index contributed by atoms with van der Waals surface area (Å²) in [7, 11) is 1.68. The van der Waals surface area contributed by atoms with Gasteiger partial charge in [-0.25, -0.2) is 0 Å². The molecule has 0 spiro atoms. The average molecular weight is 255 g/mol. The number of rotatable bonds is 6. The van der Waals surface area contributed by atoms with Gasteiger partial charge in [0, 0.05) is 32.8 Å². The van der Waals surface area contributed by atoms with E-state index in [0.29, 0.717) is 25.7 Å². The zero-order valence-corrected chi connectivity index (χ0v) is 11.3. The quantitative estimate of drug-likeness (QED) is 0.647. The number of carbonyl (C=O) groups excluding carboxylic acids is 1. The number of methoxy groups -OCH3 is 1. The molecule has 0 aromatic rings. The van der Waals surface area contributed by atoms with Crippen molar-refractivity contribution in [3.63, 3.8) is 0 Å². The van der Waals surface area contributed by atoms with Crippen LogP contribution in [-0.2, 0) is 9.53 Å². The smallest absolute Gasteiger partial charge is 0.234 e. The molecule has 2 atom stereocenters. The Labute approximate surface area is 109 Å². The summed E-state index contributed by atoms with van der Waals surface area (Å²) in [6.45, 7) is 5.20. The molecule has 104 valence electrons. The maximum absolute atomic E-state index is 11.8. The molecule has 0 aromatic carbocycles. The highest BCUT2D eigenvalue weighted by molar-refractivity contribution is 5.78. The monoisotopic (exact) mass is 255 g/mol. The van der Waals surface area contributed by atoms with Gasteiger partial charge in [-0.05, 0) is 38.3 Å². The first-order valence-electron chi connectivity index (χ1n) is 7.01. The molecular formula is C13H25N3O2. The zero-order chi connectivity index (χ0) is 12.8. The summed E-state index contributed by atoms with van der Waals surface area (Å²) in [5, 5.41) is 6.40. The SMILES string of the molecule is COCCCNC(=O)CN1CCCC2CNCC21. The molecule has 0 aliphatic carbocycles. The summed E-state index contributed by atoms with van der Waals surface area (Å²) >= 11 is 0. The van der Waals surface area contributed by atoms with E-state index >= 15 is 0 Å². The minimum absolute atomic E-state index is 0.152. The standard InChI is InChI=1S/C13H25N3O2/c1-18-7-3-5-15-13(17)10-16-6-2-4-11-8-14-9-12(11)16/h11-12,14H,2-10H2,1H3,(H,15,17). The molecule has 2 aliphatic rings. The number of ether oxygens (including phenoxy) is 1. The lowest BCUT2D eigenvalue weighted by Crippen LogP contribution is -2.49. The fraction of sp³-hybridized carbons (Fsp3) is 0.923. The third-order valence-electron chi connectivity index (χ3n) is 3.99. The first-order valence-corrected chi connectivity index (χ1v) is 7.01. The Kier molecular flexibility index (Phi) is 5.41. The normalized spacial score (nSPS) is 28.1. The summed E-state index contributed by atoms with van der Waals surface area (Å²) in [5.41, 5.74) is 0. The first-order chi connectivity index (χ1) is 8.81. The van der Waals surface area contributed by atoms with Crippen LogP contribution in [0.3, 0.4) is 0 Å². The predicted octanol–water partition coefficient (Wildman–Crippen LogP) is -0.177. The van der Waals surface area contributed by atoms with Gasteiger partial charge in [0.1, 0.15) is 0 Å². The summed E-state index contributed by atoms with van der Waals surface area (Å²) in [4.78, 5) is 14.2. The van der Waals surface area contributed by atoms with Crippen molar-refractivity contribution in [3.05, 3.63) is 0 Å². The van der Waals surface area contributed by atoms with Crippen LogP contribution in [0.25, 0.3) is 0 Å². The van der Waals surface area contributed by atoms with Crippen molar-refractivity contribution in [3.8, 4) is 0 Å². The second-order valence-electron chi connectivity index (χ2n) is 5.29. The van der Waals surface area contributed by atoms with E-state index in [4.69, 9.17) is 4.74 Å². The molecule has 1 amide bonds. The average Bonchev–Trinajstić information content (AvgIpc) is 2.84. The van der Waals surface area contributed by atoms with Crippen molar-refractivity contribution in [1.82, 2.24) is 15.5 Å². The molecule has 2 N–H and O–H groups in total. The number of amides is 1. The van der Waals surface area contributed by atoms with E-state index < -0.39 is 0 Å². The van der Waals surface area contributed by atoms with Gasteiger partial charge in [-0.3, -0.25) is 9.69 Å². The van der Waals surface area contributed by atoms with Gasteiger partial charge in [0.15, 0.2) is 0 Å². The van der Waals surface area contributed by atoms with Gasteiger partial charge in [-0.15, -0.1) is 0 Å². The van der Waals surface area contributed by atoms with Crippen LogP contribution in [0, 0.1) is 5.92 Å². The molecular weight excluding hydrogens is 230 g/mol. The summed E-state index contributed by atoms with van der Waals surface area (Å²) in [6, 6.07) is 0.573. The van der Waals surface area contributed by atoms with Crippen molar-refractivity contribution in [1.29, 1.82) is 0 Å². The first kappa shape index (κ1) is 13.8. The number of nitrogens with one attached hydrogen (secondary N) is 2. The van der Waals surface area contributed by atoms with Crippen LogP contribution >= 0.6 is 0 Å². The maximum atomic E-state index is 11.8. The fourth-order valence-electron chi connectivity index (χ4n) is 3.04. The zero-order valence-electron chi connectivity index (χ0n) is 11.3. The van der Waals surface area contributed by atoms with E-state index in [2.05, 4.69) is 15.5 Å². The fourth-order valence-corrected chi connectivity index (χ4v) is 3.04. The number of nitrogens with zero attached hydrogens (tertiary/aromatic N) is 1. The number of hydrogen-bond acceptors (Lipinski definition) is 4. The highest BCUT2D eigenvalue weighted by atomic mass is 16.5. The van der Waals surface area contributed by atoms with Crippen molar-refractivity contribution >= 4 is 5.91 Å². The molecule has 2 aliphatic heterocycles. The van der Waals surface area contributed by atoms with Crippen LogP contribution < -0.4 is 10.6 Å². The van der Waals surface area contributed by atoms with E-state index in [9.17, 15) is 4.79 Å². The van der Waals surface area contributed by atoms with E-state index in [-0.39, 0.29) is 5.91 Å². The number of likely N-dealkylation sites (tertiary alicyclic amines) is 1. The summed E-state index contributed by atoms with van der Waals surface area (Å²) < 4.78 is 4.96. The summed E-state index contributed by atoms with van der Waals surface area (Å²) in [6.07, 6.45) is 3.42. The molecule has 2 unspecified atom stereocenters. The summed E-state index contributed by atoms with van der Waals surface area (Å²) in [5.74, 6) is 0.902. The third-order valence-corrected chi connectivity index (χ3v) is 3.99. The predicted molar refractivity (Wildman–Crippen MR) is 70.5 cm³/mol. The van der Waals surface area contributed by atoms with Crippen molar-refractivity contribution in [2.45, 2.75) is 25.3 Å². The van der Waals surface area contributed by atoms with Crippen LogP contribution in [0.15, 0.2) is 0 Å². The second-order valence-corrected chi connectivity index (χ2v) is 5.29. The Morgan fingerprint density at radius 1 is 1.50 bits per heavy atom. The number of hydrogen-bond donors (Lipinski definition) is 2. The molecule has 2 heterocycles. The molecule has 2 rings (SSSR count). The minimum atomic E-state index is 0.152. The van der Waals surface area contributed by atoms with Gasteiger partial charge in [-0.1, -0.05) is 0 Å². The van der Waals surface area contributed by atoms with Crippen LogP contribution in [0.5, 0.6) is 0 Å². The van der Waals surface area contributed by atoms with Gasteiger partial charge in [0.05, 0.1) is 6.54 Å². The number of carbonyl (C=O) groups is 1. The highest BCUT2D eigenvalue weighted by Gasteiger charge is 2.35. The van der Waals surface area contributed by atoms with Crippen LogP contribution in [0.2, 0.25) is 0 Å². The Balaban J connectivity index is 1.69. The second kappa shape index (κ2) is 7.07. The molecule has 2 saturated heterocycles. The van der Waals surface area contributed by atoms with Crippen LogP contribution in [0.4, 0.5) is 0 Å². The molecule has 5 nitrogen and oxygen atoms in total. The molecule has 5 heteroatoms. The van der Waals surface area contributed by atoms with Gasteiger partial charge >= 0.3 is 0 Å². The van der Waals surface area contributed by atoms with E-state index in [1.165, 1.54) is 12.8 Å². The lowest BCUT2D eigenvalue weighted by atomic mass is 9.92. The molecule has 2 fully saturated rings. The van der Waals surface area contributed by atoms with Crippen molar-refractivity contribution in [2.75, 3.05) is 46.4 Å². The Hall–Kier alpha value is -0.650. The van der Waals surface area contributed by atoms with Gasteiger partial charge in [0.25, 0.3) is 0 Å². The molecule has 0 radical (unpaired) electrons. The van der Waals surface area contributed by atoms with Crippen LogP contribution in [0.1, 0.15) is 19.3 Å². The number of fused-ring (bicyclic) bond motifs is 1. The molecule has 18 heavy (non-hydrogen) atoms. The largest absolute Gasteiger partial charge is 0.385 e. The van der Waals surface area contributed by atoms with Gasteiger partial charge < -0.3 is 15.4 Å². The third kappa shape index (κ3) is 3.67. The molecule has 0 saturated carbocycles. The Bertz CT molecular complexity index is 273. The lowest BCUT2D eigenvalue weighted by molar-refractivity contribution is -0.123. The van der Waals surface area contributed by atoms with Crippen molar-refractivity contribution < 1.29 is 9.53 Å². The van der Waals surface area contributed by atoms with Crippen LogP contribution in [-0.4, -0.2) is 63.3 Å². The number of piperidine rings is 1. The Morgan fingerprint density at radius 2 is 2.39 bits per heavy atom. The highest BCUT2D eigenvalue weighted by Crippen LogP contribution is 2.25. The van der Waals surface area contributed by atoms with Crippen molar-refractivity contribution in [2.24, 2.45) is 5.92 Å². The molecule has 0 aromatic heterocycles. The van der Waals surface area contributed by atoms with E-state index in [1.807, 2.05) is 0 Å². The maximum Gasteiger partial charge on any atom is 0.234 e.